The Labute approximate surface area is 94.4 Å². The van der Waals surface area contributed by atoms with Gasteiger partial charge in [0.25, 0.3) is 5.56 Å². The van der Waals surface area contributed by atoms with E-state index in [1.54, 1.807) is 12.3 Å². The minimum Gasteiger partial charge on any atom is -0.495 e. The summed E-state index contributed by atoms with van der Waals surface area (Å²) in [7, 11) is 1.44. The summed E-state index contributed by atoms with van der Waals surface area (Å²) < 4.78 is 6.43. The lowest BCUT2D eigenvalue weighted by molar-refractivity contribution is 0.411. The molecule has 1 rings (SSSR count). The summed E-state index contributed by atoms with van der Waals surface area (Å²) >= 11 is 0. The maximum Gasteiger partial charge on any atom is 0.272 e. The highest BCUT2D eigenvalue weighted by Crippen LogP contribution is 2.11. The van der Waals surface area contributed by atoms with Gasteiger partial charge in [-0.25, -0.2) is 0 Å². The fourth-order valence-corrected chi connectivity index (χ4v) is 1.26. The molecule has 4 nitrogen and oxygen atoms in total. The van der Waals surface area contributed by atoms with Crippen molar-refractivity contribution in [1.29, 1.82) is 5.26 Å². The molecule has 0 aliphatic heterocycles. The SMILES string of the molecule is COc1ccn(CC=C(C)C)c(=O)c1C#N. The molecule has 4 heteroatoms. The largest absolute Gasteiger partial charge is 0.495 e. The first kappa shape index (κ1) is 12.1. The molecule has 0 saturated heterocycles. The number of methoxy groups -OCH3 is 1. The maximum atomic E-state index is 11.8. The van der Waals surface area contributed by atoms with Crippen molar-refractivity contribution in [1.82, 2.24) is 4.57 Å². The normalized spacial score (nSPS) is 9.38. The zero-order valence-electron chi connectivity index (χ0n) is 9.65. The van der Waals surface area contributed by atoms with Gasteiger partial charge in [-0.3, -0.25) is 4.79 Å². The van der Waals surface area contributed by atoms with Crippen LogP contribution in [0.1, 0.15) is 19.4 Å². The lowest BCUT2D eigenvalue weighted by Gasteiger charge is -2.06. The monoisotopic (exact) mass is 218 g/mol. The third-order valence-corrected chi connectivity index (χ3v) is 2.15. The van der Waals surface area contributed by atoms with Crippen molar-refractivity contribution in [3.05, 3.63) is 39.8 Å². The third kappa shape index (κ3) is 2.51. The first-order valence-corrected chi connectivity index (χ1v) is 4.91. The molecule has 0 aliphatic carbocycles. The van der Waals surface area contributed by atoms with E-state index >= 15 is 0 Å². The summed E-state index contributed by atoms with van der Waals surface area (Å²) in [5, 5.41) is 8.87. The molecule has 0 atom stereocenters. The molecule has 0 unspecified atom stereocenters. The molecular weight excluding hydrogens is 204 g/mol. The number of rotatable bonds is 3. The van der Waals surface area contributed by atoms with Crippen LogP contribution in [0.25, 0.3) is 0 Å². The molecule has 0 bridgehead atoms. The van der Waals surface area contributed by atoms with Gasteiger partial charge in [-0.05, 0) is 19.9 Å². The second-order valence-electron chi connectivity index (χ2n) is 3.61. The van der Waals surface area contributed by atoms with E-state index in [1.165, 1.54) is 11.7 Å². The van der Waals surface area contributed by atoms with Crippen LogP contribution in [0.5, 0.6) is 5.75 Å². The van der Waals surface area contributed by atoms with Crippen molar-refractivity contribution >= 4 is 0 Å². The number of hydrogen-bond donors (Lipinski definition) is 0. The van der Waals surface area contributed by atoms with Crippen LogP contribution in [0.15, 0.2) is 28.7 Å². The van der Waals surface area contributed by atoms with Crippen molar-refractivity contribution in [2.24, 2.45) is 0 Å². The molecule has 0 aliphatic rings. The molecule has 0 fully saturated rings. The highest BCUT2D eigenvalue weighted by Gasteiger charge is 2.08. The molecule has 0 N–H and O–H groups in total. The summed E-state index contributed by atoms with van der Waals surface area (Å²) in [6.07, 6.45) is 3.55. The van der Waals surface area contributed by atoms with E-state index in [9.17, 15) is 4.79 Å². The van der Waals surface area contributed by atoms with Crippen LogP contribution in [0, 0.1) is 11.3 Å². The fraction of sp³-hybridized carbons (Fsp3) is 0.333. The molecule has 0 aromatic carbocycles. The Hall–Kier alpha value is -2.02. The standard InChI is InChI=1S/C12H14N2O2/c1-9(2)4-6-14-7-5-11(16-3)10(8-13)12(14)15/h4-5,7H,6H2,1-3H3. The van der Waals surface area contributed by atoms with Gasteiger partial charge >= 0.3 is 0 Å². The number of aromatic nitrogens is 1. The molecule has 0 amide bonds. The van der Waals surface area contributed by atoms with Gasteiger partial charge in [0.2, 0.25) is 0 Å². The van der Waals surface area contributed by atoms with E-state index in [1.807, 2.05) is 26.0 Å². The Bertz CT molecular complexity index is 503. The fourth-order valence-electron chi connectivity index (χ4n) is 1.26. The predicted molar refractivity (Wildman–Crippen MR) is 61.4 cm³/mol. The summed E-state index contributed by atoms with van der Waals surface area (Å²) in [4.78, 5) is 11.8. The molecular formula is C12H14N2O2. The number of nitrogens with zero attached hydrogens (tertiary/aromatic N) is 2. The second kappa shape index (κ2) is 5.17. The van der Waals surface area contributed by atoms with Crippen LogP contribution < -0.4 is 10.3 Å². The quantitative estimate of drug-likeness (QED) is 0.725. The average molecular weight is 218 g/mol. The number of hydrogen-bond acceptors (Lipinski definition) is 3. The van der Waals surface area contributed by atoms with Crippen LogP contribution in [0.3, 0.4) is 0 Å². The number of ether oxygens (including phenoxy) is 1. The van der Waals surface area contributed by atoms with E-state index in [4.69, 9.17) is 10.00 Å². The lowest BCUT2D eigenvalue weighted by Crippen LogP contribution is -2.22. The smallest absolute Gasteiger partial charge is 0.272 e. The van der Waals surface area contributed by atoms with Crippen molar-refractivity contribution in [3.8, 4) is 11.8 Å². The van der Waals surface area contributed by atoms with Gasteiger partial charge in [-0.1, -0.05) is 11.6 Å². The molecule has 84 valence electrons. The van der Waals surface area contributed by atoms with E-state index in [0.717, 1.165) is 5.57 Å². The van der Waals surface area contributed by atoms with Gasteiger partial charge in [-0.15, -0.1) is 0 Å². The third-order valence-electron chi connectivity index (χ3n) is 2.15. The zero-order chi connectivity index (χ0) is 12.1. The Morgan fingerprint density at radius 3 is 2.81 bits per heavy atom. The summed E-state index contributed by atoms with van der Waals surface area (Å²) in [6, 6.07) is 3.49. The molecule has 0 radical (unpaired) electrons. The number of nitriles is 1. The van der Waals surface area contributed by atoms with Crippen LogP contribution in [-0.2, 0) is 6.54 Å². The second-order valence-corrected chi connectivity index (χ2v) is 3.61. The molecule has 0 saturated carbocycles. The maximum absolute atomic E-state index is 11.8. The van der Waals surface area contributed by atoms with Gasteiger partial charge in [0.05, 0.1) is 7.11 Å². The lowest BCUT2D eigenvalue weighted by atomic mass is 10.2. The Morgan fingerprint density at radius 1 is 1.62 bits per heavy atom. The first-order chi connectivity index (χ1) is 7.60. The minimum absolute atomic E-state index is 0.0483. The van der Waals surface area contributed by atoms with Gasteiger partial charge in [-0.2, -0.15) is 5.26 Å². The van der Waals surface area contributed by atoms with Crippen molar-refractivity contribution in [2.75, 3.05) is 7.11 Å². The topological polar surface area (TPSA) is 55.0 Å². The minimum atomic E-state index is -0.320. The molecule has 1 aromatic heterocycles. The van der Waals surface area contributed by atoms with E-state index in [0.29, 0.717) is 12.3 Å². The van der Waals surface area contributed by atoms with E-state index in [2.05, 4.69) is 0 Å². The van der Waals surface area contributed by atoms with Gasteiger partial charge in [0.1, 0.15) is 11.8 Å². The van der Waals surface area contributed by atoms with Crippen LogP contribution in [-0.4, -0.2) is 11.7 Å². The van der Waals surface area contributed by atoms with Crippen molar-refractivity contribution in [2.45, 2.75) is 20.4 Å². The van der Waals surface area contributed by atoms with E-state index in [-0.39, 0.29) is 11.1 Å². The summed E-state index contributed by atoms with van der Waals surface area (Å²) in [5.41, 5.74) is 0.854. The number of allylic oxidation sites excluding steroid dienone is 2. The number of pyridine rings is 1. The Balaban J connectivity index is 3.21. The Morgan fingerprint density at radius 2 is 2.31 bits per heavy atom. The van der Waals surface area contributed by atoms with Crippen molar-refractivity contribution < 1.29 is 4.74 Å². The molecule has 1 aromatic rings. The zero-order valence-corrected chi connectivity index (χ0v) is 9.65. The first-order valence-electron chi connectivity index (χ1n) is 4.91. The van der Waals surface area contributed by atoms with Crippen molar-refractivity contribution in [3.63, 3.8) is 0 Å². The Kier molecular flexibility index (Phi) is 3.90. The molecule has 0 spiro atoms. The van der Waals surface area contributed by atoms with Crippen LogP contribution in [0.2, 0.25) is 0 Å². The summed E-state index contributed by atoms with van der Waals surface area (Å²) in [6.45, 7) is 4.39. The molecule has 16 heavy (non-hydrogen) atoms. The van der Waals surface area contributed by atoms with Crippen LogP contribution >= 0.6 is 0 Å². The highest BCUT2D eigenvalue weighted by atomic mass is 16.5. The highest BCUT2D eigenvalue weighted by molar-refractivity contribution is 5.40. The molecule has 1 heterocycles. The van der Waals surface area contributed by atoms with Crippen LogP contribution in [0.4, 0.5) is 0 Å². The van der Waals surface area contributed by atoms with Gasteiger partial charge < -0.3 is 9.30 Å². The predicted octanol–water partition coefficient (Wildman–Crippen LogP) is 1.69. The van der Waals surface area contributed by atoms with Gasteiger partial charge in [0.15, 0.2) is 5.56 Å². The van der Waals surface area contributed by atoms with E-state index < -0.39 is 0 Å². The van der Waals surface area contributed by atoms with Gasteiger partial charge in [0, 0.05) is 12.7 Å². The summed E-state index contributed by atoms with van der Waals surface area (Å²) in [5.74, 6) is 0.320. The average Bonchev–Trinajstić information content (AvgIpc) is 2.26.